The molecule has 0 saturated carbocycles. The molecule has 17 heteroatoms. The second-order valence-electron chi connectivity index (χ2n) is 16.7. The van der Waals surface area contributed by atoms with E-state index in [1.54, 1.807) is 43.6 Å². The minimum absolute atomic E-state index is 0.00387. The van der Waals surface area contributed by atoms with Crippen molar-refractivity contribution in [3.05, 3.63) is 129 Å². The highest BCUT2D eigenvalue weighted by atomic mass is 16.2. The number of nitrogens with zero attached hydrogens (tertiary/aromatic N) is 7. The number of aromatic nitrogens is 3. The molecule has 17 nitrogen and oxygen atoms in total. The summed E-state index contributed by atoms with van der Waals surface area (Å²) in [5, 5.41) is 13.5. The van der Waals surface area contributed by atoms with Crippen LogP contribution in [-0.2, 0) is 23.2 Å². The molecule has 3 N–H and O–H groups in total. The molecular weight excluding hydrogens is 805 g/mol. The van der Waals surface area contributed by atoms with Gasteiger partial charge in [0.1, 0.15) is 11.6 Å². The summed E-state index contributed by atoms with van der Waals surface area (Å²) in [5.74, 6) is -2.17. The number of amides is 6. The summed E-state index contributed by atoms with van der Waals surface area (Å²) in [6.07, 6.45) is 2.56. The molecule has 2 aromatic heterocycles. The molecule has 9 rings (SSSR count). The molecule has 0 aliphatic carbocycles. The Balaban J connectivity index is 0.767. The molecule has 3 fully saturated rings. The van der Waals surface area contributed by atoms with Gasteiger partial charge in [-0.05, 0) is 85.5 Å². The van der Waals surface area contributed by atoms with Gasteiger partial charge in [-0.3, -0.25) is 53.7 Å². The van der Waals surface area contributed by atoms with Crippen molar-refractivity contribution >= 4 is 57.9 Å². The zero-order valence-electron chi connectivity index (χ0n) is 34.9. The summed E-state index contributed by atoms with van der Waals surface area (Å²) in [6.45, 7) is 4.84. The van der Waals surface area contributed by atoms with Gasteiger partial charge in [-0.15, -0.1) is 0 Å². The molecule has 322 valence electrons. The highest BCUT2D eigenvalue weighted by Crippen LogP contribution is 2.33. The van der Waals surface area contributed by atoms with Gasteiger partial charge in [0.15, 0.2) is 5.82 Å². The fraction of sp³-hybridized carbons (Fsp3) is 0.326. The van der Waals surface area contributed by atoms with E-state index in [0.717, 1.165) is 35.5 Å². The number of pyridine rings is 1. The Hall–Kier alpha value is -7.11. The first-order valence-electron chi connectivity index (χ1n) is 21.1. The van der Waals surface area contributed by atoms with Gasteiger partial charge in [0.05, 0.1) is 22.2 Å². The van der Waals surface area contributed by atoms with Gasteiger partial charge in [0, 0.05) is 82.6 Å². The lowest BCUT2D eigenvalue weighted by atomic mass is 9.87. The van der Waals surface area contributed by atoms with E-state index >= 15 is 0 Å². The average Bonchev–Trinajstić information content (AvgIpc) is 3.54. The van der Waals surface area contributed by atoms with Gasteiger partial charge in [0.25, 0.3) is 29.2 Å². The molecule has 0 bridgehead atoms. The van der Waals surface area contributed by atoms with Crippen LogP contribution in [0.5, 0.6) is 0 Å². The number of aryl methyl sites for hydroxylation is 1. The standard InChI is InChI=1S/C46H46N10O7/c1-52-25-31(23-32(26-52)48-40-39-34(6-4-18-47-39)44(61)53(2)51-40)28-12-14-30(15-13-28)43(60)55-21-19-54(20-22-55)24-27-8-10-29(11-9-27)41(58)49-35-7-3-5-33-38(35)46(63)56(45(33)62)36-16-17-37(57)50-42(36)59/h3-15,18,31-32,36H,16-17,19-26H2,1-2H3,(H,48,51)(H,49,58)(H,50,57,59)/t31-,32+,36?/m1/s1. The van der Waals surface area contributed by atoms with Crippen LogP contribution in [0.25, 0.3) is 10.9 Å². The smallest absolute Gasteiger partial charge is 0.276 e. The van der Waals surface area contributed by atoms with Gasteiger partial charge in [-0.2, -0.15) is 5.10 Å². The zero-order valence-corrected chi connectivity index (χ0v) is 34.9. The van der Waals surface area contributed by atoms with E-state index in [2.05, 4.69) is 55.0 Å². The number of carbonyl (C=O) groups is 6. The molecule has 0 spiro atoms. The predicted octanol–water partition coefficient (Wildman–Crippen LogP) is 2.84. The quantitative estimate of drug-likeness (QED) is 0.184. The number of carbonyl (C=O) groups excluding carboxylic acids is 6. The van der Waals surface area contributed by atoms with Gasteiger partial charge >= 0.3 is 0 Å². The Morgan fingerprint density at radius 3 is 2.32 bits per heavy atom. The molecule has 4 aliphatic rings. The first-order valence-corrected chi connectivity index (χ1v) is 21.1. The maximum Gasteiger partial charge on any atom is 0.276 e. The fourth-order valence-corrected chi connectivity index (χ4v) is 9.16. The summed E-state index contributed by atoms with van der Waals surface area (Å²) in [5.41, 5.74) is 3.76. The van der Waals surface area contributed by atoms with Crippen molar-refractivity contribution in [3.8, 4) is 0 Å². The van der Waals surface area contributed by atoms with Crippen LogP contribution >= 0.6 is 0 Å². The van der Waals surface area contributed by atoms with Crippen molar-refractivity contribution in [3.63, 3.8) is 0 Å². The predicted molar refractivity (Wildman–Crippen MR) is 232 cm³/mol. The number of benzene rings is 3. The van der Waals surface area contributed by atoms with Crippen molar-refractivity contribution in [1.82, 2.24) is 39.7 Å². The van der Waals surface area contributed by atoms with Crippen LogP contribution in [0, 0.1) is 0 Å². The third-order valence-corrected chi connectivity index (χ3v) is 12.4. The van der Waals surface area contributed by atoms with Crippen molar-refractivity contribution in [2.75, 3.05) is 56.9 Å². The van der Waals surface area contributed by atoms with E-state index < -0.39 is 35.6 Å². The molecule has 6 heterocycles. The molecule has 3 saturated heterocycles. The van der Waals surface area contributed by atoms with E-state index in [-0.39, 0.29) is 53.1 Å². The van der Waals surface area contributed by atoms with Gasteiger partial charge in [-0.1, -0.05) is 30.3 Å². The van der Waals surface area contributed by atoms with Crippen molar-refractivity contribution < 1.29 is 28.8 Å². The molecule has 3 aromatic carbocycles. The Morgan fingerprint density at radius 2 is 1.57 bits per heavy atom. The minimum atomic E-state index is -1.11. The van der Waals surface area contributed by atoms with Gasteiger partial charge in [0.2, 0.25) is 11.8 Å². The number of imide groups is 2. The maximum absolute atomic E-state index is 13.6. The summed E-state index contributed by atoms with van der Waals surface area (Å²) >= 11 is 0. The lowest BCUT2D eigenvalue weighted by molar-refractivity contribution is -0.136. The van der Waals surface area contributed by atoms with Crippen LogP contribution < -0.4 is 21.5 Å². The zero-order chi connectivity index (χ0) is 43.9. The summed E-state index contributed by atoms with van der Waals surface area (Å²) < 4.78 is 1.34. The van der Waals surface area contributed by atoms with Gasteiger partial charge in [-0.25, -0.2) is 4.68 Å². The van der Waals surface area contributed by atoms with Crippen molar-refractivity contribution in [2.24, 2.45) is 7.05 Å². The van der Waals surface area contributed by atoms with Crippen molar-refractivity contribution in [2.45, 2.75) is 43.8 Å². The van der Waals surface area contributed by atoms with Crippen molar-refractivity contribution in [1.29, 1.82) is 0 Å². The SMILES string of the molecule is CN1C[C@@H](Nc2nn(C)c(=O)c3cccnc23)C[C@@H](c2ccc(C(=O)N3CCN(Cc4ccc(C(=O)Nc5cccc6c5C(=O)N(C5CCC(=O)NC5=O)C6=O)cc4)CC3)cc2)C1. The fourth-order valence-electron chi connectivity index (χ4n) is 9.16. The Labute approximate surface area is 362 Å². The second kappa shape index (κ2) is 17.0. The van der Waals surface area contributed by atoms with Crippen LogP contribution in [-0.4, -0.2) is 128 Å². The maximum atomic E-state index is 13.6. The van der Waals surface area contributed by atoms with E-state index in [1.165, 1.54) is 16.8 Å². The highest BCUT2D eigenvalue weighted by Gasteiger charge is 2.46. The summed E-state index contributed by atoms with van der Waals surface area (Å²) in [6, 6.07) is 22.1. The third-order valence-electron chi connectivity index (χ3n) is 12.4. The number of likely N-dealkylation sites (tertiary alicyclic amines) is 1. The largest absolute Gasteiger partial charge is 0.363 e. The van der Waals surface area contributed by atoms with Crippen LogP contribution in [0.3, 0.4) is 0 Å². The van der Waals surface area contributed by atoms with E-state index in [4.69, 9.17) is 0 Å². The van der Waals surface area contributed by atoms with E-state index in [9.17, 15) is 33.6 Å². The van der Waals surface area contributed by atoms with E-state index in [1.807, 2.05) is 29.2 Å². The van der Waals surface area contributed by atoms with Crippen LogP contribution in [0.2, 0.25) is 0 Å². The molecule has 6 amide bonds. The first-order chi connectivity index (χ1) is 30.4. The second-order valence-corrected chi connectivity index (χ2v) is 16.7. The number of hydrogen-bond donors (Lipinski definition) is 3. The number of piperazine rings is 1. The number of fused-ring (bicyclic) bond motifs is 2. The molecule has 1 unspecified atom stereocenters. The Bertz CT molecular complexity index is 2730. The number of nitrogens with one attached hydrogen (secondary N) is 3. The van der Waals surface area contributed by atoms with E-state index in [0.29, 0.717) is 60.6 Å². The molecule has 3 atom stereocenters. The highest BCUT2D eigenvalue weighted by molar-refractivity contribution is 6.26. The number of piperidine rings is 2. The summed E-state index contributed by atoms with van der Waals surface area (Å²) in [7, 11) is 3.73. The van der Waals surface area contributed by atoms with Crippen LogP contribution in [0.4, 0.5) is 11.5 Å². The number of rotatable bonds is 9. The Kier molecular flexibility index (Phi) is 11.1. The molecule has 0 radical (unpaired) electrons. The number of likely N-dealkylation sites (N-methyl/N-ethyl adjacent to an activating group) is 1. The molecule has 4 aliphatic heterocycles. The Morgan fingerprint density at radius 1 is 0.825 bits per heavy atom. The van der Waals surface area contributed by atoms with Gasteiger partial charge < -0.3 is 20.4 Å². The van der Waals surface area contributed by atoms with Crippen LogP contribution in [0.15, 0.2) is 89.9 Å². The normalized spacial score (nSPS) is 20.8. The number of hydrogen-bond acceptors (Lipinski definition) is 12. The first kappa shape index (κ1) is 41.3. The molecule has 63 heavy (non-hydrogen) atoms. The minimum Gasteiger partial charge on any atom is -0.363 e. The average molecular weight is 851 g/mol. The monoisotopic (exact) mass is 850 g/mol. The number of anilines is 2. The lowest BCUT2D eigenvalue weighted by Gasteiger charge is -2.37. The summed E-state index contributed by atoms with van der Waals surface area (Å²) in [4.78, 5) is 102. The van der Waals surface area contributed by atoms with Crippen LogP contribution in [0.1, 0.15) is 77.7 Å². The third kappa shape index (κ3) is 8.19. The lowest BCUT2D eigenvalue weighted by Crippen LogP contribution is -2.54. The molecular formula is C46H46N10O7. The molecule has 5 aromatic rings. The topological polar surface area (TPSA) is 199 Å².